The second kappa shape index (κ2) is 10.5. The van der Waals surface area contributed by atoms with E-state index in [1.54, 1.807) is 7.11 Å². The number of nitrogens with one attached hydrogen (secondary N) is 1. The zero-order valence-corrected chi connectivity index (χ0v) is 22.4. The van der Waals surface area contributed by atoms with Crippen LogP contribution < -0.4 is 10.1 Å². The maximum atomic E-state index is 6.05. The number of ether oxygens (including phenoxy) is 2. The van der Waals surface area contributed by atoms with Crippen LogP contribution in [-0.2, 0) is 17.8 Å². The molecule has 1 unspecified atom stereocenters. The monoisotopic (exact) mass is 509 g/mol. The lowest BCUT2D eigenvalue weighted by atomic mass is 10.1. The smallest absolute Gasteiger partial charge is 0.150 e. The molecule has 0 amide bonds. The molecule has 6 rings (SSSR count). The molecule has 0 bridgehead atoms. The van der Waals surface area contributed by atoms with Gasteiger partial charge < -0.3 is 24.1 Å². The second-order valence-corrected chi connectivity index (χ2v) is 10.4. The van der Waals surface area contributed by atoms with Gasteiger partial charge in [0.1, 0.15) is 5.75 Å². The quantitative estimate of drug-likeness (QED) is 0.265. The van der Waals surface area contributed by atoms with Gasteiger partial charge in [0.25, 0.3) is 0 Å². The Morgan fingerprint density at radius 2 is 1.87 bits per heavy atom. The molecule has 0 saturated carbocycles. The van der Waals surface area contributed by atoms with Gasteiger partial charge in [-0.25, -0.2) is 4.68 Å². The summed E-state index contributed by atoms with van der Waals surface area (Å²) in [5.41, 5.74) is 8.19. The van der Waals surface area contributed by atoms with Crippen LogP contribution in [0.2, 0.25) is 0 Å². The summed E-state index contributed by atoms with van der Waals surface area (Å²) < 4.78 is 15.7. The van der Waals surface area contributed by atoms with E-state index in [9.17, 15) is 0 Å². The Hall–Kier alpha value is -3.81. The number of nitrogens with zero attached hydrogens (tertiary/aromatic N) is 4. The van der Waals surface area contributed by atoms with Crippen molar-refractivity contribution in [3.63, 3.8) is 0 Å². The van der Waals surface area contributed by atoms with Gasteiger partial charge in [-0.15, -0.1) is 0 Å². The van der Waals surface area contributed by atoms with Crippen molar-refractivity contribution in [3.05, 3.63) is 84.2 Å². The highest BCUT2D eigenvalue weighted by Crippen LogP contribution is 2.33. The molecule has 2 aromatic carbocycles. The van der Waals surface area contributed by atoms with Crippen LogP contribution >= 0.6 is 0 Å². The minimum absolute atomic E-state index is 0.00620. The Morgan fingerprint density at radius 3 is 2.63 bits per heavy atom. The van der Waals surface area contributed by atoms with Gasteiger partial charge in [0.15, 0.2) is 6.23 Å². The predicted molar refractivity (Wildman–Crippen MR) is 153 cm³/mol. The average molecular weight is 510 g/mol. The molecule has 38 heavy (non-hydrogen) atoms. The van der Waals surface area contributed by atoms with Gasteiger partial charge >= 0.3 is 0 Å². The minimum Gasteiger partial charge on any atom is -0.497 e. The molecule has 0 aliphatic carbocycles. The molecule has 1 N–H and O–H groups in total. The van der Waals surface area contributed by atoms with Gasteiger partial charge in [-0.3, -0.25) is 0 Å². The van der Waals surface area contributed by atoms with E-state index in [1.165, 1.54) is 34.0 Å². The maximum Gasteiger partial charge on any atom is 0.150 e. The fraction of sp³-hybridized carbons (Fsp3) is 0.323. The standard InChI is InChI=1S/C31H35N5O2/c1-34(2)20-23-16-30-27(32-19-22-7-10-26(37-3)11-8-22)18-25-17-24(9-12-28(25)35(30)21-23)29-13-14-33-36(29)31-6-4-5-15-38-31/h7-14,16-18,21,31-32H,4-6,15,19-20H2,1-3H3. The van der Waals surface area contributed by atoms with Crippen molar-refractivity contribution in [2.45, 2.75) is 38.6 Å². The van der Waals surface area contributed by atoms with E-state index in [4.69, 9.17) is 9.47 Å². The second-order valence-electron chi connectivity index (χ2n) is 10.4. The first-order valence-corrected chi connectivity index (χ1v) is 13.3. The first-order valence-electron chi connectivity index (χ1n) is 13.3. The third kappa shape index (κ3) is 4.87. The predicted octanol–water partition coefficient (Wildman–Crippen LogP) is 6.34. The maximum absolute atomic E-state index is 6.05. The third-order valence-corrected chi connectivity index (χ3v) is 7.27. The fourth-order valence-corrected chi connectivity index (χ4v) is 5.43. The van der Waals surface area contributed by atoms with Gasteiger partial charge in [-0.05, 0) is 86.9 Å². The molecular weight excluding hydrogens is 474 g/mol. The van der Waals surface area contributed by atoms with Gasteiger partial charge in [-0.2, -0.15) is 5.10 Å². The number of methoxy groups -OCH3 is 1. The lowest BCUT2D eigenvalue weighted by Gasteiger charge is -2.24. The summed E-state index contributed by atoms with van der Waals surface area (Å²) >= 11 is 0. The van der Waals surface area contributed by atoms with E-state index in [-0.39, 0.29) is 6.23 Å². The Balaban J connectivity index is 1.40. The lowest BCUT2D eigenvalue weighted by molar-refractivity contribution is -0.0383. The van der Waals surface area contributed by atoms with Crippen LogP contribution in [0.5, 0.6) is 5.75 Å². The summed E-state index contributed by atoms with van der Waals surface area (Å²) in [6, 6.07) is 21.6. The molecule has 0 radical (unpaired) electrons. The number of aromatic nitrogens is 3. The SMILES string of the molecule is COc1ccc(CNc2cc3cc(-c4ccnn4C4CCCCO4)ccc3n3cc(CN(C)C)cc23)cc1. The molecule has 3 aromatic heterocycles. The molecule has 196 valence electrons. The molecular formula is C31H35N5O2. The number of anilines is 1. The van der Waals surface area contributed by atoms with Crippen molar-refractivity contribution in [2.24, 2.45) is 0 Å². The highest BCUT2D eigenvalue weighted by atomic mass is 16.5. The van der Waals surface area contributed by atoms with E-state index in [2.05, 4.69) is 88.5 Å². The van der Waals surface area contributed by atoms with Gasteiger partial charge in [0, 0.05) is 43.0 Å². The number of pyridine rings is 1. The van der Waals surface area contributed by atoms with E-state index in [0.29, 0.717) is 0 Å². The molecule has 1 aliphatic heterocycles. The Morgan fingerprint density at radius 1 is 1.00 bits per heavy atom. The topological polar surface area (TPSA) is 56.0 Å². The van der Waals surface area contributed by atoms with Crippen molar-refractivity contribution < 1.29 is 9.47 Å². The van der Waals surface area contributed by atoms with Crippen molar-refractivity contribution >= 4 is 22.1 Å². The van der Waals surface area contributed by atoms with Crippen LogP contribution in [0.4, 0.5) is 5.69 Å². The van der Waals surface area contributed by atoms with Gasteiger partial charge in [0.05, 0.1) is 29.5 Å². The first-order chi connectivity index (χ1) is 18.6. The van der Waals surface area contributed by atoms with Crippen LogP contribution in [0.3, 0.4) is 0 Å². The largest absolute Gasteiger partial charge is 0.497 e. The Bertz CT molecular complexity index is 1540. The molecule has 5 aromatic rings. The van der Waals surface area contributed by atoms with E-state index in [0.717, 1.165) is 55.2 Å². The molecule has 1 atom stereocenters. The molecule has 4 heterocycles. The Kier molecular flexibility index (Phi) is 6.79. The van der Waals surface area contributed by atoms with Crippen molar-refractivity contribution in [2.75, 3.05) is 33.1 Å². The number of rotatable bonds is 8. The summed E-state index contributed by atoms with van der Waals surface area (Å²) in [5, 5.41) is 9.51. The number of fused-ring (bicyclic) bond motifs is 3. The van der Waals surface area contributed by atoms with Crippen LogP contribution in [0.25, 0.3) is 27.7 Å². The average Bonchev–Trinajstić information content (AvgIpc) is 3.60. The van der Waals surface area contributed by atoms with Crippen molar-refractivity contribution in [1.29, 1.82) is 0 Å². The number of hydrogen-bond donors (Lipinski definition) is 1. The van der Waals surface area contributed by atoms with E-state index >= 15 is 0 Å². The van der Waals surface area contributed by atoms with Crippen LogP contribution in [0.1, 0.15) is 36.6 Å². The first kappa shape index (κ1) is 24.5. The molecule has 7 heteroatoms. The highest BCUT2D eigenvalue weighted by Gasteiger charge is 2.20. The molecule has 7 nitrogen and oxygen atoms in total. The van der Waals surface area contributed by atoms with E-state index < -0.39 is 0 Å². The van der Waals surface area contributed by atoms with E-state index in [1.807, 2.05) is 23.0 Å². The zero-order chi connectivity index (χ0) is 26.1. The molecule has 1 saturated heterocycles. The van der Waals surface area contributed by atoms with Crippen molar-refractivity contribution in [1.82, 2.24) is 19.1 Å². The summed E-state index contributed by atoms with van der Waals surface area (Å²) in [5.74, 6) is 0.868. The fourth-order valence-electron chi connectivity index (χ4n) is 5.43. The minimum atomic E-state index is 0.00620. The summed E-state index contributed by atoms with van der Waals surface area (Å²) in [7, 11) is 5.91. The summed E-state index contributed by atoms with van der Waals surface area (Å²) in [4.78, 5) is 2.20. The number of hydrogen-bond acceptors (Lipinski definition) is 5. The van der Waals surface area contributed by atoms with Crippen LogP contribution in [-0.4, -0.2) is 46.9 Å². The molecule has 1 aliphatic rings. The zero-order valence-electron chi connectivity index (χ0n) is 22.4. The van der Waals surface area contributed by atoms with Gasteiger partial charge in [-0.1, -0.05) is 18.2 Å². The third-order valence-electron chi connectivity index (χ3n) is 7.27. The normalized spacial score (nSPS) is 15.9. The van der Waals surface area contributed by atoms with Gasteiger partial charge in [0.2, 0.25) is 0 Å². The highest BCUT2D eigenvalue weighted by molar-refractivity contribution is 5.93. The lowest BCUT2D eigenvalue weighted by Crippen LogP contribution is -2.19. The summed E-state index contributed by atoms with van der Waals surface area (Å²) in [6.45, 7) is 2.41. The molecule has 1 fully saturated rings. The Labute approximate surface area is 223 Å². The summed E-state index contributed by atoms with van der Waals surface area (Å²) in [6.07, 6.45) is 7.44. The number of benzene rings is 2. The van der Waals surface area contributed by atoms with Crippen LogP contribution in [0.15, 0.2) is 73.1 Å². The van der Waals surface area contributed by atoms with Crippen LogP contribution in [0, 0.1) is 0 Å². The van der Waals surface area contributed by atoms with Crippen molar-refractivity contribution in [3.8, 4) is 17.0 Å². The molecule has 0 spiro atoms.